The van der Waals surface area contributed by atoms with Gasteiger partial charge in [-0.1, -0.05) is 67.6 Å². The minimum Gasteiger partial charge on any atom is -0.491 e. The first-order chi connectivity index (χ1) is 21.6. The van der Waals surface area contributed by atoms with Crippen molar-refractivity contribution < 1.29 is 19.4 Å². The molecular weight excluding hydrogens is 550 g/mol. The molecule has 1 atom stereocenters. The van der Waals surface area contributed by atoms with Crippen molar-refractivity contribution in [1.82, 2.24) is 15.2 Å². The summed E-state index contributed by atoms with van der Waals surface area (Å²) in [5.41, 5.74) is 3.66. The van der Waals surface area contributed by atoms with Crippen molar-refractivity contribution in [2.45, 2.75) is 32.4 Å². The van der Waals surface area contributed by atoms with E-state index in [9.17, 15) is 9.90 Å². The van der Waals surface area contributed by atoms with Crippen molar-refractivity contribution in [2.75, 3.05) is 26.2 Å². The average molecular weight is 590 g/mol. The molecule has 2 N–H and O–H groups in total. The maximum absolute atomic E-state index is 12.4. The summed E-state index contributed by atoms with van der Waals surface area (Å²) in [4.78, 5) is 19.1. The lowest BCUT2D eigenvalue weighted by Crippen LogP contribution is -2.36. The summed E-state index contributed by atoms with van der Waals surface area (Å²) in [6, 6.07) is 35.3. The van der Waals surface area contributed by atoms with E-state index in [1.54, 1.807) is 18.3 Å². The van der Waals surface area contributed by atoms with E-state index in [1.165, 1.54) is 11.1 Å². The topological polar surface area (TPSA) is 83.9 Å². The van der Waals surface area contributed by atoms with Crippen molar-refractivity contribution in [3.05, 3.63) is 132 Å². The highest BCUT2D eigenvalue weighted by atomic mass is 16.5. The van der Waals surface area contributed by atoms with Crippen LogP contribution in [0.5, 0.6) is 17.2 Å². The van der Waals surface area contributed by atoms with Crippen molar-refractivity contribution in [3.63, 3.8) is 0 Å². The number of aromatic nitrogens is 1. The molecule has 226 valence electrons. The number of carbonyl (C=O) groups is 1. The van der Waals surface area contributed by atoms with E-state index < -0.39 is 6.10 Å². The quantitative estimate of drug-likeness (QED) is 0.142. The van der Waals surface area contributed by atoms with Crippen LogP contribution in [0.2, 0.25) is 0 Å². The third-order valence-corrected chi connectivity index (χ3v) is 7.27. The highest BCUT2D eigenvalue weighted by Crippen LogP contribution is 2.29. The smallest absolute Gasteiger partial charge is 0.251 e. The molecule has 1 heterocycles. The van der Waals surface area contributed by atoms with E-state index in [4.69, 9.17) is 9.47 Å². The van der Waals surface area contributed by atoms with Gasteiger partial charge in [0.15, 0.2) is 0 Å². The summed E-state index contributed by atoms with van der Waals surface area (Å²) in [7, 11) is 0. The first-order valence-electron chi connectivity index (χ1n) is 15.1. The van der Waals surface area contributed by atoms with Gasteiger partial charge in [0.25, 0.3) is 5.91 Å². The van der Waals surface area contributed by atoms with Gasteiger partial charge in [0.1, 0.15) is 30.0 Å². The van der Waals surface area contributed by atoms with Crippen LogP contribution in [0.15, 0.2) is 115 Å². The zero-order valence-corrected chi connectivity index (χ0v) is 25.1. The Hall–Kier alpha value is -4.72. The molecule has 0 bridgehead atoms. The van der Waals surface area contributed by atoms with Gasteiger partial charge in [0.05, 0.1) is 5.52 Å². The number of rotatable bonds is 15. The van der Waals surface area contributed by atoms with Crippen LogP contribution >= 0.6 is 0 Å². The lowest BCUT2D eigenvalue weighted by atomic mass is 10.1. The number of nitrogens with one attached hydrogen (secondary N) is 1. The third-order valence-electron chi connectivity index (χ3n) is 7.27. The molecule has 0 aliphatic carbocycles. The lowest BCUT2D eigenvalue weighted by Gasteiger charge is -2.25. The van der Waals surface area contributed by atoms with Gasteiger partial charge < -0.3 is 19.9 Å². The number of aliphatic hydroxyl groups excluding tert-OH is 1. The van der Waals surface area contributed by atoms with Gasteiger partial charge >= 0.3 is 0 Å². The Kier molecular flexibility index (Phi) is 10.9. The molecule has 0 aliphatic heterocycles. The van der Waals surface area contributed by atoms with Gasteiger partial charge in [0, 0.05) is 43.3 Å². The lowest BCUT2D eigenvalue weighted by molar-refractivity contribution is 0.0659. The molecule has 5 aromatic rings. The van der Waals surface area contributed by atoms with E-state index in [2.05, 4.69) is 39.5 Å². The van der Waals surface area contributed by atoms with Crippen LogP contribution in [0.1, 0.15) is 34.8 Å². The molecule has 0 aliphatic rings. The largest absolute Gasteiger partial charge is 0.491 e. The van der Waals surface area contributed by atoms with E-state index >= 15 is 0 Å². The number of carbonyl (C=O) groups excluding carboxylic acids is 1. The molecule has 0 spiro atoms. The number of pyridine rings is 1. The number of para-hydroxylation sites is 1. The molecule has 1 aromatic heterocycles. The number of benzene rings is 4. The summed E-state index contributed by atoms with van der Waals surface area (Å²) in [5, 5.41) is 14.5. The fourth-order valence-corrected chi connectivity index (χ4v) is 4.97. The van der Waals surface area contributed by atoms with Crippen molar-refractivity contribution >= 4 is 16.8 Å². The molecule has 0 saturated carbocycles. The van der Waals surface area contributed by atoms with Crippen LogP contribution in [0.25, 0.3) is 10.9 Å². The number of hydrogen-bond donors (Lipinski definition) is 2. The molecule has 0 saturated heterocycles. The number of hydrogen-bond acceptors (Lipinski definition) is 6. The molecule has 44 heavy (non-hydrogen) atoms. The Morgan fingerprint density at radius 3 is 2.39 bits per heavy atom. The molecule has 0 radical (unpaired) electrons. The fraction of sp³-hybridized carbons (Fsp3) is 0.243. The van der Waals surface area contributed by atoms with E-state index in [-0.39, 0.29) is 12.5 Å². The summed E-state index contributed by atoms with van der Waals surface area (Å²) in [6.07, 6.45) is 2.78. The molecule has 7 heteroatoms. The van der Waals surface area contributed by atoms with Crippen LogP contribution in [0, 0.1) is 0 Å². The molecule has 5 rings (SSSR count). The van der Waals surface area contributed by atoms with Crippen molar-refractivity contribution in [2.24, 2.45) is 0 Å². The summed E-state index contributed by atoms with van der Waals surface area (Å²) in [6.45, 7) is 4.91. The van der Waals surface area contributed by atoms with Crippen LogP contribution in [-0.2, 0) is 13.0 Å². The Balaban J connectivity index is 1.20. The Labute approximate surface area is 259 Å². The number of nitrogens with zero attached hydrogens (tertiary/aromatic N) is 2. The van der Waals surface area contributed by atoms with Crippen LogP contribution in [-0.4, -0.2) is 53.2 Å². The van der Waals surface area contributed by atoms with E-state index in [0.717, 1.165) is 42.8 Å². The standard InChI is InChI=1S/C37H39N3O4/c1-2-21-39-37(42)30-15-18-34-35(24-30)38-22-19-36(34)44-33-16-13-28(14-17-33)20-23-40(25-29-9-5-3-6-10-29)26-31(41)27-43-32-11-7-4-8-12-32/h3-19,22,24,31,41H,2,20-21,23,25-27H2,1H3,(H,39,42). The second-order valence-electron chi connectivity index (χ2n) is 10.8. The van der Waals surface area contributed by atoms with Gasteiger partial charge in [-0.3, -0.25) is 14.7 Å². The van der Waals surface area contributed by atoms with E-state index in [1.807, 2.05) is 79.7 Å². The fourth-order valence-electron chi connectivity index (χ4n) is 4.97. The molecule has 1 unspecified atom stereocenters. The summed E-state index contributed by atoms with van der Waals surface area (Å²) >= 11 is 0. The second-order valence-corrected chi connectivity index (χ2v) is 10.8. The normalized spacial score (nSPS) is 11.8. The number of aliphatic hydroxyl groups is 1. The first kappa shape index (κ1) is 30.7. The number of amides is 1. The van der Waals surface area contributed by atoms with Crippen LogP contribution in [0.4, 0.5) is 0 Å². The highest BCUT2D eigenvalue weighted by molar-refractivity contribution is 5.98. The first-order valence-corrected chi connectivity index (χ1v) is 15.1. The van der Waals surface area contributed by atoms with Gasteiger partial charge in [0.2, 0.25) is 0 Å². The minimum atomic E-state index is -0.619. The van der Waals surface area contributed by atoms with Gasteiger partial charge in [-0.15, -0.1) is 0 Å². The zero-order chi connectivity index (χ0) is 30.6. The van der Waals surface area contributed by atoms with Crippen LogP contribution < -0.4 is 14.8 Å². The van der Waals surface area contributed by atoms with E-state index in [0.29, 0.717) is 29.9 Å². The highest BCUT2D eigenvalue weighted by Gasteiger charge is 2.14. The molecule has 0 fully saturated rings. The summed E-state index contributed by atoms with van der Waals surface area (Å²) < 4.78 is 12.0. The predicted octanol–water partition coefficient (Wildman–Crippen LogP) is 6.65. The van der Waals surface area contributed by atoms with Gasteiger partial charge in [-0.25, -0.2) is 0 Å². The maximum atomic E-state index is 12.4. The Morgan fingerprint density at radius 1 is 0.886 bits per heavy atom. The maximum Gasteiger partial charge on any atom is 0.251 e. The molecular formula is C37H39N3O4. The van der Waals surface area contributed by atoms with Gasteiger partial charge in [-0.2, -0.15) is 0 Å². The van der Waals surface area contributed by atoms with Crippen LogP contribution in [0.3, 0.4) is 0 Å². The van der Waals surface area contributed by atoms with Gasteiger partial charge in [-0.05, 0) is 72.5 Å². The van der Waals surface area contributed by atoms with Crippen molar-refractivity contribution in [1.29, 1.82) is 0 Å². The van der Waals surface area contributed by atoms with Crippen molar-refractivity contribution in [3.8, 4) is 17.2 Å². The number of ether oxygens (including phenoxy) is 2. The molecule has 7 nitrogen and oxygen atoms in total. The number of fused-ring (bicyclic) bond motifs is 1. The summed E-state index contributed by atoms with van der Waals surface area (Å²) in [5.74, 6) is 2.06. The Bertz CT molecular complexity index is 1610. The predicted molar refractivity (Wildman–Crippen MR) is 174 cm³/mol. The molecule has 1 amide bonds. The Morgan fingerprint density at radius 2 is 1.64 bits per heavy atom. The second kappa shape index (κ2) is 15.7. The minimum absolute atomic E-state index is 0.102. The zero-order valence-electron chi connectivity index (χ0n) is 25.1. The monoisotopic (exact) mass is 589 g/mol. The average Bonchev–Trinajstić information content (AvgIpc) is 3.06. The SMILES string of the molecule is CCCNC(=O)c1ccc2c(Oc3ccc(CCN(Cc4ccccc4)CC(O)COc4ccccc4)cc3)ccnc2c1. The molecule has 4 aromatic carbocycles. The third kappa shape index (κ3) is 8.89.